The van der Waals surface area contributed by atoms with Gasteiger partial charge in [-0.15, -0.1) is 11.3 Å². The van der Waals surface area contributed by atoms with E-state index >= 15 is 0 Å². The first-order valence-electron chi connectivity index (χ1n) is 6.85. The Kier molecular flexibility index (Phi) is 5.03. The van der Waals surface area contributed by atoms with Crippen LogP contribution in [-0.4, -0.2) is 60.9 Å². The molecule has 1 saturated heterocycles. The van der Waals surface area contributed by atoms with Gasteiger partial charge in [-0.25, -0.2) is 8.42 Å². The van der Waals surface area contributed by atoms with Crippen molar-refractivity contribution in [3.8, 4) is 0 Å². The van der Waals surface area contributed by atoms with Crippen LogP contribution in [0.1, 0.15) is 18.7 Å². The summed E-state index contributed by atoms with van der Waals surface area (Å²) < 4.78 is 26.8. The van der Waals surface area contributed by atoms with Gasteiger partial charge < -0.3 is 5.11 Å². The van der Waals surface area contributed by atoms with E-state index in [4.69, 9.17) is 5.11 Å². The van der Waals surface area contributed by atoms with Gasteiger partial charge in [0.25, 0.3) is 10.0 Å². The van der Waals surface area contributed by atoms with E-state index in [2.05, 4.69) is 18.7 Å². The van der Waals surface area contributed by atoms with Gasteiger partial charge in [0, 0.05) is 37.1 Å². The summed E-state index contributed by atoms with van der Waals surface area (Å²) in [6, 6.07) is 3.50. The molecular weight excluding hydrogens is 312 g/mol. The minimum absolute atomic E-state index is 0.138. The van der Waals surface area contributed by atoms with Crippen LogP contribution in [0.15, 0.2) is 16.3 Å². The third-order valence-electron chi connectivity index (χ3n) is 3.56. The fourth-order valence-corrected chi connectivity index (χ4v) is 5.25. The van der Waals surface area contributed by atoms with Crippen LogP contribution >= 0.6 is 11.3 Å². The maximum atomic E-state index is 12.5. The molecule has 1 aromatic heterocycles. The van der Waals surface area contributed by atoms with E-state index in [0.29, 0.717) is 24.0 Å². The number of rotatable bonds is 5. The van der Waals surface area contributed by atoms with Gasteiger partial charge >= 0.3 is 5.97 Å². The summed E-state index contributed by atoms with van der Waals surface area (Å²) in [5, 5.41) is 8.75. The Bertz CT molecular complexity index is 601. The van der Waals surface area contributed by atoms with E-state index in [1.165, 1.54) is 10.4 Å². The zero-order chi connectivity index (χ0) is 15.6. The van der Waals surface area contributed by atoms with Gasteiger partial charge in [0.1, 0.15) is 4.21 Å². The van der Waals surface area contributed by atoms with Crippen molar-refractivity contribution in [3.63, 3.8) is 0 Å². The number of thiophene rings is 1. The molecule has 0 atom stereocenters. The molecule has 1 aliphatic rings. The van der Waals surface area contributed by atoms with Crippen molar-refractivity contribution < 1.29 is 18.3 Å². The summed E-state index contributed by atoms with van der Waals surface area (Å²) >= 11 is 1.04. The fourth-order valence-electron chi connectivity index (χ4n) is 2.33. The van der Waals surface area contributed by atoms with Crippen molar-refractivity contribution in [2.45, 2.75) is 30.5 Å². The molecule has 0 saturated carbocycles. The lowest BCUT2D eigenvalue weighted by atomic mass is 10.3. The Morgan fingerprint density at radius 2 is 1.90 bits per heavy atom. The summed E-state index contributed by atoms with van der Waals surface area (Å²) in [6.45, 7) is 6.61. The molecule has 1 N–H and O–H groups in total. The highest BCUT2D eigenvalue weighted by atomic mass is 32.2. The van der Waals surface area contributed by atoms with Crippen molar-refractivity contribution in [2.24, 2.45) is 0 Å². The number of sulfonamides is 1. The second-order valence-electron chi connectivity index (χ2n) is 5.33. The standard InChI is InChI=1S/C13H20N2O4S2/c1-10(2)14-5-7-15(8-6-14)21(18,19)13-4-3-11(20-13)9-12(16)17/h3-4,10H,5-9H2,1-2H3,(H,16,17). The van der Waals surface area contributed by atoms with Gasteiger partial charge in [0.15, 0.2) is 0 Å². The topological polar surface area (TPSA) is 77.9 Å². The first-order chi connectivity index (χ1) is 9.80. The molecule has 6 nitrogen and oxygen atoms in total. The largest absolute Gasteiger partial charge is 0.481 e. The second kappa shape index (κ2) is 6.43. The van der Waals surface area contributed by atoms with Crippen LogP contribution in [0, 0.1) is 0 Å². The van der Waals surface area contributed by atoms with Gasteiger partial charge in [-0.1, -0.05) is 0 Å². The quantitative estimate of drug-likeness (QED) is 0.873. The highest BCUT2D eigenvalue weighted by Gasteiger charge is 2.30. The third kappa shape index (κ3) is 3.82. The molecule has 0 radical (unpaired) electrons. The van der Waals surface area contributed by atoms with E-state index in [-0.39, 0.29) is 10.6 Å². The molecule has 1 fully saturated rings. The summed E-state index contributed by atoms with van der Waals surface area (Å²) in [7, 11) is -3.49. The Hall–Kier alpha value is -0.960. The van der Waals surface area contributed by atoms with Gasteiger partial charge in [0.2, 0.25) is 0 Å². The average Bonchev–Trinajstić information content (AvgIpc) is 2.87. The lowest BCUT2D eigenvalue weighted by Gasteiger charge is -2.35. The van der Waals surface area contributed by atoms with E-state index in [1.54, 1.807) is 6.07 Å². The molecule has 2 rings (SSSR count). The number of carboxylic acid groups (broad SMARTS) is 1. The predicted molar refractivity (Wildman–Crippen MR) is 81.1 cm³/mol. The Balaban J connectivity index is 2.08. The lowest BCUT2D eigenvalue weighted by molar-refractivity contribution is -0.136. The van der Waals surface area contributed by atoms with Crippen LogP contribution in [0.4, 0.5) is 0 Å². The van der Waals surface area contributed by atoms with Crippen LogP contribution < -0.4 is 0 Å². The number of carboxylic acids is 1. The van der Waals surface area contributed by atoms with Crippen LogP contribution in [0.2, 0.25) is 0 Å². The van der Waals surface area contributed by atoms with Crippen LogP contribution in [0.5, 0.6) is 0 Å². The Labute approximate surface area is 129 Å². The maximum Gasteiger partial charge on any atom is 0.308 e. The molecule has 0 aliphatic carbocycles. The van der Waals surface area contributed by atoms with Gasteiger partial charge in [0.05, 0.1) is 6.42 Å². The first kappa shape index (κ1) is 16.4. The van der Waals surface area contributed by atoms with Gasteiger partial charge in [-0.2, -0.15) is 4.31 Å². The van der Waals surface area contributed by atoms with E-state index < -0.39 is 16.0 Å². The Morgan fingerprint density at radius 3 is 2.43 bits per heavy atom. The molecule has 0 spiro atoms. The zero-order valence-corrected chi connectivity index (χ0v) is 13.8. The number of aliphatic carboxylic acids is 1. The number of hydrogen-bond acceptors (Lipinski definition) is 5. The van der Waals surface area contributed by atoms with Crippen LogP contribution in [0.3, 0.4) is 0 Å². The predicted octanol–water partition coefficient (Wildman–Crippen LogP) is 1.09. The summed E-state index contributed by atoms with van der Waals surface area (Å²) in [4.78, 5) is 13.5. The van der Waals surface area contributed by atoms with Crippen molar-refractivity contribution in [1.29, 1.82) is 0 Å². The normalized spacial score (nSPS) is 18.2. The average molecular weight is 332 g/mol. The van der Waals surface area contributed by atoms with E-state index in [0.717, 1.165) is 24.4 Å². The molecule has 0 bridgehead atoms. The first-order valence-corrected chi connectivity index (χ1v) is 9.11. The van der Waals surface area contributed by atoms with Crippen molar-refractivity contribution in [1.82, 2.24) is 9.21 Å². The molecular formula is C13H20N2O4S2. The number of carbonyl (C=O) groups is 1. The summed E-state index contributed by atoms with van der Waals surface area (Å²) in [6.07, 6.45) is -0.138. The second-order valence-corrected chi connectivity index (χ2v) is 8.66. The van der Waals surface area contributed by atoms with Crippen LogP contribution in [0.25, 0.3) is 0 Å². The van der Waals surface area contributed by atoms with Crippen molar-refractivity contribution in [2.75, 3.05) is 26.2 Å². The third-order valence-corrected chi connectivity index (χ3v) is 7.01. The molecule has 118 valence electrons. The molecule has 0 amide bonds. The maximum absolute atomic E-state index is 12.5. The minimum Gasteiger partial charge on any atom is -0.481 e. The molecule has 0 aromatic carbocycles. The molecule has 2 heterocycles. The SMILES string of the molecule is CC(C)N1CCN(S(=O)(=O)c2ccc(CC(=O)O)s2)CC1. The van der Waals surface area contributed by atoms with E-state index in [9.17, 15) is 13.2 Å². The van der Waals surface area contributed by atoms with E-state index in [1.807, 2.05) is 0 Å². The molecule has 8 heteroatoms. The molecule has 1 aliphatic heterocycles. The molecule has 21 heavy (non-hydrogen) atoms. The van der Waals surface area contributed by atoms with Gasteiger partial charge in [-0.3, -0.25) is 9.69 Å². The smallest absolute Gasteiger partial charge is 0.308 e. The van der Waals surface area contributed by atoms with Gasteiger partial charge in [-0.05, 0) is 26.0 Å². The van der Waals surface area contributed by atoms with Crippen molar-refractivity contribution in [3.05, 3.63) is 17.0 Å². The molecule has 0 unspecified atom stereocenters. The fraction of sp³-hybridized carbons (Fsp3) is 0.615. The number of hydrogen-bond donors (Lipinski definition) is 1. The highest BCUT2D eigenvalue weighted by molar-refractivity contribution is 7.91. The zero-order valence-electron chi connectivity index (χ0n) is 12.2. The Morgan fingerprint density at radius 1 is 1.29 bits per heavy atom. The number of piperazine rings is 1. The van der Waals surface area contributed by atoms with Crippen molar-refractivity contribution >= 4 is 27.3 Å². The monoisotopic (exact) mass is 332 g/mol. The summed E-state index contributed by atoms with van der Waals surface area (Å²) in [5.41, 5.74) is 0. The lowest BCUT2D eigenvalue weighted by Crippen LogP contribution is -2.50. The minimum atomic E-state index is -3.49. The van der Waals surface area contributed by atoms with Crippen LogP contribution in [-0.2, 0) is 21.2 Å². The molecule has 1 aromatic rings. The summed E-state index contributed by atoms with van der Waals surface area (Å²) in [5.74, 6) is -0.952. The highest BCUT2D eigenvalue weighted by Crippen LogP contribution is 2.26. The number of nitrogens with zero attached hydrogens (tertiary/aromatic N) is 2.